The minimum atomic E-state index is 0.315. The SMILES string of the molecule is Cc1cc(C2CCCCO2)ccn1. The van der Waals surface area contributed by atoms with Gasteiger partial charge in [-0.15, -0.1) is 0 Å². The van der Waals surface area contributed by atoms with Crippen LogP contribution in [0.15, 0.2) is 18.3 Å². The highest BCUT2D eigenvalue weighted by atomic mass is 16.5. The van der Waals surface area contributed by atoms with Gasteiger partial charge in [-0.25, -0.2) is 0 Å². The Hall–Kier alpha value is -0.890. The maximum Gasteiger partial charge on any atom is 0.0826 e. The number of aromatic nitrogens is 1. The third-order valence-corrected chi connectivity index (χ3v) is 2.47. The van der Waals surface area contributed by atoms with E-state index >= 15 is 0 Å². The molecule has 1 atom stereocenters. The first-order chi connectivity index (χ1) is 6.36. The molecule has 0 amide bonds. The van der Waals surface area contributed by atoms with Crippen molar-refractivity contribution in [3.63, 3.8) is 0 Å². The van der Waals surface area contributed by atoms with Crippen LogP contribution in [0.1, 0.15) is 36.6 Å². The minimum Gasteiger partial charge on any atom is -0.374 e. The van der Waals surface area contributed by atoms with Gasteiger partial charge in [-0.2, -0.15) is 0 Å². The van der Waals surface area contributed by atoms with Gasteiger partial charge in [0.25, 0.3) is 0 Å². The molecule has 0 aromatic carbocycles. The molecule has 1 saturated heterocycles. The molecule has 1 aromatic rings. The predicted octanol–water partition coefficient (Wildman–Crippen LogP) is 2.63. The van der Waals surface area contributed by atoms with E-state index in [1.807, 2.05) is 13.1 Å². The van der Waals surface area contributed by atoms with E-state index in [1.54, 1.807) is 0 Å². The quantitative estimate of drug-likeness (QED) is 0.658. The molecule has 1 aliphatic rings. The molecule has 13 heavy (non-hydrogen) atoms. The van der Waals surface area contributed by atoms with E-state index in [0.29, 0.717) is 6.10 Å². The van der Waals surface area contributed by atoms with Gasteiger partial charge in [-0.3, -0.25) is 4.98 Å². The number of pyridine rings is 1. The van der Waals surface area contributed by atoms with Crippen LogP contribution in [-0.2, 0) is 4.74 Å². The van der Waals surface area contributed by atoms with Crippen LogP contribution in [0.2, 0.25) is 0 Å². The van der Waals surface area contributed by atoms with Crippen molar-refractivity contribution < 1.29 is 4.74 Å². The molecule has 0 radical (unpaired) electrons. The summed E-state index contributed by atoms with van der Waals surface area (Å²) < 4.78 is 5.69. The van der Waals surface area contributed by atoms with Crippen molar-refractivity contribution in [2.75, 3.05) is 6.61 Å². The van der Waals surface area contributed by atoms with Crippen molar-refractivity contribution in [2.24, 2.45) is 0 Å². The summed E-state index contributed by atoms with van der Waals surface area (Å²) in [5, 5.41) is 0. The van der Waals surface area contributed by atoms with Crippen LogP contribution in [0.3, 0.4) is 0 Å². The highest BCUT2D eigenvalue weighted by Crippen LogP contribution is 2.27. The number of rotatable bonds is 1. The maximum atomic E-state index is 5.69. The standard InChI is InChI=1S/C11H15NO/c1-9-8-10(5-6-12-9)11-4-2-3-7-13-11/h5-6,8,11H,2-4,7H2,1H3. The summed E-state index contributed by atoms with van der Waals surface area (Å²) in [5.74, 6) is 0. The van der Waals surface area contributed by atoms with E-state index in [1.165, 1.54) is 18.4 Å². The number of nitrogens with zero attached hydrogens (tertiary/aromatic N) is 1. The third-order valence-electron chi connectivity index (χ3n) is 2.47. The van der Waals surface area contributed by atoms with Crippen molar-refractivity contribution in [2.45, 2.75) is 32.3 Å². The number of hydrogen-bond acceptors (Lipinski definition) is 2. The fraction of sp³-hybridized carbons (Fsp3) is 0.545. The fourth-order valence-electron chi connectivity index (χ4n) is 1.77. The number of ether oxygens (including phenoxy) is 1. The Balaban J connectivity index is 2.14. The summed E-state index contributed by atoms with van der Waals surface area (Å²) in [7, 11) is 0. The highest BCUT2D eigenvalue weighted by molar-refractivity contribution is 5.18. The summed E-state index contributed by atoms with van der Waals surface area (Å²) >= 11 is 0. The second-order valence-electron chi connectivity index (χ2n) is 3.59. The summed E-state index contributed by atoms with van der Waals surface area (Å²) in [6.45, 7) is 2.93. The van der Waals surface area contributed by atoms with Gasteiger partial charge in [0.1, 0.15) is 0 Å². The van der Waals surface area contributed by atoms with Crippen LogP contribution in [0.5, 0.6) is 0 Å². The molecule has 1 aromatic heterocycles. The molecule has 1 aliphatic heterocycles. The zero-order valence-corrected chi connectivity index (χ0v) is 7.99. The Morgan fingerprint density at radius 3 is 3.08 bits per heavy atom. The summed E-state index contributed by atoms with van der Waals surface area (Å²) in [5.41, 5.74) is 2.36. The van der Waals surface area contributed by atoms with Crippen molar-refractivity contribution in [1.82, 2.24) is 4.98 Å². The Kier molecular flexibility index (Phi) is 2.60. The molecular formula is C11H15NO. The van der Waals surface area contributed by atoms with E-state index in [2.05, 4.69) is 17.1 Å². The predicted molar refractivity (Wildman–Crippen MR) is 51.5 cm³/mol. The van der Waals surface area contributed by atoms with E-state index < -0.39 is 0 Å². The summed E-state index contributed by atoms with van der Waals surface area (Å²) in [6.07, 6.45) is 5.83. The average molecular weight is 177 g/mol. The Bertz CT molecular complexity index is 279. The van der Waals surface area contributed by atoms with Gasteiger partial charge in [-0.05, 0) is 43.9 Å². The molecule has 70 valence electrons. The van der Waals surface area contributed by atoms with Crippen molar-refractivity contribution >= 4 is 0 Å². The summed E-state index contributed by atoms with van der Waals surface area (Å²) in [4.78, 5) is 4.18. The van der Waals surface area contributed by atoms with Crippen molar-refractivity contribution in [1.29, 1.82) is 0 Å². The minimum absolute atomic E-state index is 0.315. The van der Waals surface area contributed by atoms with Gasteiger partial charge in [0.2, 0.25) is 0 Å². The topological polar surface area (TPSA) is 22.1 Å². The van der Waals surface area contributed by atoms with Gasteiger partial charge in [0.05, 0.1) is 6.10 Å². The zero-order valence-electron chi connectivity index (χ0n) is 7.99. The monoisotopic (exact) mass is 177 g/mol. The third kappa shape index (κ3) is 2.07. The van der Waals surface area contributed by atoms with Crippen LogP contribution in [-0.4, -0.2) is 11.6 Å². The molecule has 1 unspecified atom stereocenters. The first kappa shape index (κ1) is 8.70. The van der Waals surface area contributed by atoms with E-state index in [4.69, 9.17) is 4.74 Å². The Morgan fingerprint density at radius 2 is 2.38 bits per heavy atom. The average Bonchev–Trinajstić information content (AvgIpc) is 2.19. The molecule has 1 fully saturated rings. The molecule has 2 heteroatoms. The lowest BCUT2D eigenvalue weighted by Gasteiger charge is -2.22. The van der Waals surface area contributed by atoms with Crippen LogP contribution in [0, 0.1) is 6.92 Å². The lowest BCUT2D eigenvalue weighted by atomic mass is 10.0. The molecule has 2 heterocycles. The van der Waals surface area contributed by atoms with Crippen LogP contribution in [0.25, 0.3) is 0 Å². The largest absolute Gasteiger partial charge is 0.374 e. The Morgan fingerprint density at radius 1 is 1.46 bits per heavy atom. The molecule has 2 rings (SSSR count). The van der Waals surface area contributed by atoms with E-state index in [-0.39, 0.29) is 0 Å². The molecular weight excluding hydrogens is 162 g/mol. The molecule has 0 N–H and O–H groups in total. The molecule has 0 bridgehead atoms. The molecule has 0 aliphatic carbocycles. The van der Waals surface area contributed by atoms with Gasteiger partial charge in [-0.1, -0.05) is 0 Å². The highest BCUT2D eigenvalue weighted by Gasteiger charge is 2.15. The van der Waals surface area contributed by atoms with Crippen LogP contribution >= 0.6 is 0 Å². The zero-order chi connectivity index (χ0) is 9.10. The van der Waals surface area contributed by atoms with Crippen molar-refractivity contribution in [3.05, 3.63) is 29.6 Å². The van der Waals surface area contributed by atoms with Gasteiger partial charge in [0.15, 0.2) is 0 Å². The number of aryl methyl sites for hydroxylation is 1. The second-order valence-corrected chi connectivity index (χ2v) is 3.59. The molecule has 2 nitrogen and oxygen atoms in total. The van der Waals surface area contributed by atoms with Gasteiger partial charge >= 0.3 is 0 Å². The molecule has 0 saturated carbocycles. The lowest BCUT2D eigenvalue weighted by Crippen LogP contribution is -2.11. The number of hydrogen-bond donors (Lipinski definition) is 0. The maximum absolute atomic E-state index is 5.69. The Labute approximate surface area is 78.9 Å². The first-order valence-electron chi connectivity index (χ1n) is 4.90. The fourth-order valence-corrected chi connectivity index (χ4v) is 1.77. The first-order valence-corrected chi connectivity index (χ1v) is 4.90. The van der Waals surface area contributed by atoms with E-state index in [0.717, 1.165) is 18.7 Å². The van der Waals surface area contributed by atoms with Gasteiger partial charge in [0, 0.05) is 18.5 Å². The van der Waals surface area contributed by atoms with Crippen LogP contribution < -0.4 is 0 Å². The van der Waals surface area contributed by atoms with Gasteiger partial charge < -0.3 is 4.74 Å². The smallest absolute Gasteiger partial charge is 0.0826 e. The lowest BCUT2D eigenvalue weighted by molar-refractivity contribution is 0.0149. The summed E-state index contributed by atoms with van der Waals surface area (Å²) in [6, 6.07) is 4.18. The second kappa shape index (κ2) is 3.88. The van der Waals surface area contributed by atoms with E-state index in [9.17, 15) is 0 Å². The van der Waals surface area contributed by atoms with Crippen molar-refractivity contribution in [3.8, 4) is 0 Å². The molecule has 0 spiro atoms. The van der Waals surface area contributed by atoms with Crippen LogP contribution in [0.4, 0.5) is 0 Å². The normalized spacial score (nSPS) is 23.0.